The zero-order valence-electron chi connectivity index (χ0n) is 30.2. The van der Waals surface area contributed by atoms with Crippen LogP contribution in [0.15, 0.2) is 146 Å². The monoisotopic (exact) mass is 690 g/mol. The first-order valence-corrected chi connectivity index (χ1v) is 17.7. The lowest BCUT2D eigenvalue weighted by Gasteiger charge is -2.47. The van der Waals surface area contributed by atoms with Crippen molar-refractivity contribution >= 4 is 39.3 Å². The summed E-state index contributed by atoms with van der Waals surface area (Å²) >= 11 is 0. The first-order valence-electron chi connectivity index (χ1n) is 17.7. The van der Waals surface area contributed by atoms with Crippen LogP contribution in [-0.2, 0) is 27.2 Å². The summed E-state index contributed by atoms with van der Waals surface area (Å²) in [5, 5.41) is 13.4. The number of hydrogen-bond acceptors (Lipinski definition) is 4. The second-order valence-corrected chi connectivity index (χ2v) is 13.4. The maximum atomic E-state index is 15.9. The summed E-state index contributed by atoms with van der Waals surface area (Å²) in [6.07, 6.45) is 0.560. The highest BCUT2D eigenvalue weighted by Crippen LogP contribution is 2.44. The fourth-order valence-corrected chi connectivity index (χ4v) is 7.72. The van der Waals surface area contributed by atoms with Gasteiger partial charge in [-0.1, -0.05) is 146 Å². The highest BCUT2D eigenvalue weighted by atomic mass is 16.2. The summed E-state index contributed by atoms with van der Waals surface area (Å²) in [6, 6.07) is 47.4. The minimum absolute atomic E-state index is 0.266. The molecular formula is C45H46N4O3. The fraction of sp³-hybridized carbons (Fsp3) is 0.222. The summed E-state index contributed by atoms with van der Waals surface area (Å²) in [5.74, 6) is -2.53. The standard InChI is InChI=1S/C45H46N4O3/c1-46-42(50)39(27-31-15-7-5-8-16-31)45(48-3,44(52)49(4)40(43(51)47-2)28-32-17-9-6-10-18-32)41(37-25-23-33-19-11-13-21-35(33)29-37)38-26-24-34-20-12-14-22-36(34)30-38/h5-26,29-30,39-41,48H,27-28H2,1-4H3,(H,46,50)(H,47,51)/t39-,40+,45-/m0/s1. The summed E-state index contributed by atoms with van der Waals surface area (Å²) in [7, 11) is 6.63. The maximum Gasteiger partial charge on any atom is 0.245 e. The Labute approximate surface area is 306 Å². The number of carbonyl (C=O) groups is 3. The van der Waals surface area contributed by atoms with E-state index >= 15 is 4.79 Å². The second kappa shape index (κ2) is 16.0. The molecule has 0 aliphatic rings. The smallest absolute Gasteiger partial charge is 0.245 e. The lowest BCUT2D eigenvalue weighted by molar-refractivity contribution is -0.149. The van der Waals surface area contributed by atoms with Gasteiger partial charge in [0.25, 0.3) is 0 Å². The van der Waals surface area contributed by atoms with Crippen molar-refractivity contribution < 1.29 is 14.4 Å². The van der Waals surface area contributed by atoms with E-state index in [0.717, 1.165) is 43.8 Å². The van der Waals surface area contributed by atoms with Gasteiger partial charge in [-0.3, -0.25) is 14.4 Å². The van der Waals surface area contributed by atoms with Gasteiger partial charge in [0.15, 0.2) is 0 Å². The van der Waals surface area contributed by atoms with Crippen molar-refractivity contribution in [1.29, 1.82) is 0 Å². The van der Waals surface area contributed by atoms with E-state index in [1.54, 1.807) is 33.1 Å². The Hall–Kier alpha value is -5.79. The number of carbonyl (C=O) groups excluding carboxylic acids is 3. The summed E-state index contributed by atoms with van der Waals surface area (Å²) in [6.45, 7) is 0. The van der Waals surface area contributed by atoms with E-state index in [1.807, 2.05) is 84.9 Å². The van der Waals surface area contributed by atoms with E-state index in [4.69, 9.17) is 0 Å². The van der Waals surface area contributed by atoms with Crippen LogP contribution in [0.3, 0.4) is 0 Å². The van der Waals surface area contributed by atoms with Crippen LogP contribution >= 0.6 is 0 Å². The van der Waals surface area contributed by atoms with Gasteiger partial charge in [0.1, 0.15) is 11.6 Å². The Balaban J connectivity index is 1.65. The molecule has 3 amide bonds. The first-order chi connectivity index (χ1) is 25.3. The largest absolute Gasteiger partial charge is 0.359 e. The molecule has 52 heavy (non-hydrogen) atoms. The highest BCUT2D eigenvalue weighted by Gasteiger charge is 2.56. The van der Waals surface area contributed by atoms with E-state index in [-0.39, 0.29) is 24.1 Å². The SMILES string of the molecule is CNC(=O)[C@@H](Cc1ccccc1)N(C)C(=O)[C@@](NC)(C(c1ccc2ccccc2c1)c1ccc2ccccc2c1)[C@@H](Cc1ccccc1)C(=O)NC. The number of amides is 3. The summed E-state index contributed by atoms with van der Waals surface area (Å²) in [4.78, 5) is 45.7. The van der Waals surface area contributed by atoms with Gasteiger partial charge in [-0.2, -0.15) is 0 Å². The molecule has 6 aromatic rings. The van der Waals surface area contributed by atoms with Gasteiger partial charge in [0, 0.05) is 33.5 Å². The topological polar surface area (TPSA) is 90.5 Å². The Morgan fingerprint density at radius 3 is 1.46 bits per heavy atom. The van der Waals surface area contributed by atoms with E-state index in [0.29, 0.717) is 6.42 Å². The van der Waals surface area contributed by atoms with E-state index < -0.39 is 23.4 Å². The summed E-state index contributed by atoms with van der Waals surface area (Å²) in [5.41, 5.74) is 1.98. The van der Waals surface area contributed by atoms with Crippen LogP contribution in [0.2, 0.25) is 0 Å². The van der Waals surface area contributed by atoms with Gasteiger partial charge in [-0.05, 0) is 57.3 Å². The number of likely N-dealkylation sites (N-methyl/N-ethyl adjacent to an activating group) is 3. The first kappa shape index (κ1) is 36.0. The number of nitrogens with one attached hydrogen (secondary N) is 3. The molecular weight excluding hydrogens is 645 g/mol. The molecule has 6 aromatic carbocycles. The zero-order chi connectivity index (χ0) is 36.7. The molecule has 7 heteroatoms. The number of rotatable bonds is 13. The maximum absolute atomic E-state index is 15.9. The van der Waals surface area contributed by atoms with Crippen LogP contribution in [0.1, 0.15) is 28.2 Å². The number of hydrogen-bond donors (Lipinski definition) is 3. The molecule has 0 aromatic heterocycles. The molecule has 0 bridgehead atoms. The molecule has 264 valence electrons. The molecule has 0 fully saturated rings. The minimum atomic E-state index is -1.58. The van der Waals surface area contributed by atoms with Gasteiger partial charge in [-0.25, -0.2) is 0 Å². The Bertz CT molecular complexity index is 2090. The molecule has 3 N–H and O–H groups in total. The molecule has 3 atom stereocenters. The normalized spacial score (nSPS) is 13.6. The Morgan fingerprint density at radius 2 is 1.00 bits per heavy atom. The lowest BCUT2D eigenvalue weighted by Crippen LogP contribution is -2.69. The van der Waals surface area contributed by atoms with E-state index in [1.165, 1.54) is 0 Å². The minimum Gasteiger partial charge on any atom is -0.359 e. The lowest BCUT2D eigenvalue weighted by atomic mass is 9.64. The average Bonchev–Trinajstić information content (AvgIpc) is 3.20. The van der Waals surface area contributed by atoms with Crippen molar-refractivity contribution in [2.24, 2.45) is 5.92 Å². The molecule has 0 spiro atoms. The predicted octanol–water partition coefficient (Wildman–Crippen LogP) is 6.50. The van der Waals surface area contributed by atoms with Crippen LogP contribution in [0.4, 0.5) is 0 Å². The quantitative estimate of drug-likeness (QED) is 0.129. The van der Waals surface area contributed by atoms with Crippen LogP contribution in [0, 0.1) is 5.92 Å². The molecule has 0 aliphatic carbocycles. The Morgan fingerprint density at radius 1 is 0.558 bits per heavy atom. The van der Waals surface area contributed by atoms with Gasteiger partial charge >= 0.3 is 0 Å². The zero-order valence-corrected chi connectivity index (χ0v) is 30.2. The molecule has 7 nitrogen and oxygen atoms in total. The third kappa shape index (κ3) is 7.18. The molecule has 0 heterocycles. The number of nitrogens with zero attached hydrogens (tertiary/aromatic N) is 1. The third-order valence-electron chi connectivity index (χ3n) is 10.4. The van der Waals surface area contributed by atoms with Crippen molar-refractivity contribution in [2.75, 3.05) is 28.2 Å². The van der Waals surface area contributed by atoms with E-state index in [2.05, 4.69) is 76.6 Å². The van der Waals surface area contributed by atoms with Crippen LogP contribution in [-0.4, -0.2) is 62.4 Å². The second-order valence-electron chi connectivity index (χ2n) is 13.4. The molecule has 0 saturated heterocycles. The van der Waals surface area contributed by atoms with E-state index in [9.17, 15) is 9.59 Å². The molecule has 0 unspecified atom stereocenters. The van der Waals surface area contributed by atoms with Crippen LogP contribution in [0.25, 0.3) is 21.5 Å². The molecule has 0 saturated carbocycles. The summed E-state index contributed by atoms with van der Waals surface area (Å²) < 4.78 is 0. The van der Waals surface area contributed by atoms with Crippen LogP contribution < -0.4 is 16.0 Å². The van der Waals surface area contributed by atoms with Gasteiger partial charge in [-0.15, -0.1) is 0 Å². The van der Waals surface area contributed by atoms with Crippen molar-refractivity contribution in [3.63, 3.8) is 0 Å². The van der Waals surface area contributed by atoms with Gasteiger partial charge in [0.05, 0.1) is 5.92 Å². The van der Waals surface area contributed by atoms with Crippen molar-refractivity contribution in [1.82, 2.24) is 20.9 Å². The molecule has 6 rings (SSSR count). The average molecular weight is 691 g/mol. The fourth-order valence-electron chi connectivity index (χ4n) is 7.72. The van der Waals surface area contributed by atoms with Crippen LogP contribution in [0.5, 0.6) is 0 Å². The Kier molecular flexibility index (Phi) is 11.1. The number of benzene rings is 6. The van der Waals surface area contributed by atoms with Gasteiger partial charge in [0.2, 0.25) is 17.7 Å². The third-order valence-corrected chi connectivity index (χ3v) is 10.4. The highest BCUT2D eigenvalue weighted by molar-refractivity contribution is 5.99. The van der Waals surface area contributed by atoms with Crippen molar-refractivity contribution in [3.05, 3.63) is 168 Å². The van der Waals surface area contributed by atoms with Crippen molar-refractivity contribution in [2.45, 2.75) is 30.3 Å². The van der Waals surface area contributed by atoms with Gasteiger partial charge < -0.3 is 20.9 Å². The number of fused-ring (bicyclic) bond motifs is 2. The molecule has 0 radical (unpaired) electrons. The predicted molar refractivity (Wildman–Crippen MR) is 210 cm³/mol. The molecule has 0 aliphatic heterocycles. The van der Waals surface area contributed by atoms with Crippen molar-refractivity contribution in [3.8, 4) is 0 Å².